The van der Waals surface area contributed by atoms with Gasteiger partial charge in [-0.15, -0.1) is 0 Å². The number of anilines is 2. The average molecular weight is 261 g/mol. The molecule has 0 fully saturated rings. The molecule has 0 saturated carbocycles. The van der Waals surface area contributed by atoms with Gasteiger partial charge in [-0.25, -0.2) is 0 Å². The zero-order chi connectivity index (χ0) is 14.0. The van der Waals surface area contributed by atoms with Crippen LogP contribution in [0.25, 0.3) is 0 Å². The van der Waals surface area contributed by atoms with Crippen molar-refractivity contribution < 1.29 is 9.59 Å². The van der Waals surface area contributed by atoms with Crippen molar-refractivity contribution in [2.24, 2.45) is 5.73 Å². The summed E-state index contributed by atoms with van der Waals surface area (Å²) in [5.74, 6) is -0.0681. The summed E-state index contributed by atoms with van der Waals surface area (Å²) in [5.41, 5.74) is 7.90. The van der Waals surface area contributed by atoms with Crippen molar-refractivity contribution in [1.29, 1.82) is 0 Å². The number of benzene rings is 1. The molecule has 102 valence electrons. The maximum atomic E-state index is 11.8. The smallest absolute Gasteiger partial charge is 0.226 e. The molecule has 0 aromatic heterocycles. The predicted octanol–water partition coefficient (Wildman–Crippen LogP) is 1.64. The summed E-state index contributed by atoms with van der Waals surface area (Å²) in [6.45, 7) is 3.63. The molecular weight excluding hydrogens is 242 g/mol. The summed E-state index contributed by atoms with van der Waals surface area (Å²) in [6, 6.07) is 5.50. The van der Waals surface area contributed by atoms with Gasteiger partial charge in [0.1, 0.15) is 0 Å². The highest BCUT2D eigenvalue weighted by molar-refractivity contribution is 5.95. The summed E-state index contributed by atoms with van der Waals surface area (Å²) < 4.78 is 0. The molecule has 0 unspecified atom stereocenters. The zero-order valence-corrected chi connectivity index (χ0v) is 11.2. The molecule has 0 radical (unpaired) electrons. The van der Waals surface area contributed by atoms with E-state index in [0.29, 0.717) is 12.8 Å². The lowest BCUT2D eigenvalue weighted by Gasteiger charge is -2.19. The van der Waals surface area contributed by atoms with Crippen LogP contribution in [0.4, 0.5) is 11.4 Å². The monoisotopic (exact) mass is 261 g/mol. The van der Waals surface area contributed by atoms with E-state index in [4.69, 9.17) is 5.73 Å². The second-order valence-electron chi connectivity index (χ2n) is 5.63. The molecule has 1 aromatic rings. The number of nitrogens with two attached hydrogens (primary N) is 1. The predicted molar refractivity (Wildman–Crippen MR) is 74.9 cm³/mol. The number of hydrogen-bond acceptors (Lipinski definition) is 3. The molecule has 1 aliphatic rings. The van der Waals surface area contributed by atoms with Crippen molar-refractivity contribution >= 4 is 23.2 Å². The molecule has 5 nitrogen and oxygen atoms in total. The summed E-state index contributed by atoms with van der Waals surface area (Å²) in [4.78, 5) is 23.0. The van der Waals surface area contributed by atoms with E-state index in [2.05, 4.69) is 10.6 Å². The Bertz CT molecular complexity index is 518. The van der Waals surface area contributed by atoms with Gasteiger partial charge in [-0.2, -0.15) is 0 Å². The Labute approximate surface area is 112 Å². The second kappa shape index (κ2) is 5.01. The molecule has 4 N–H and O–H groups in total. The van der Waals surface area contributed by atoms with Crippen LogP contribution in [0.3, 0.4) is 0 Å². The summed E-state index contributed by atoms with van der Waals surface area (Å²) in [7, 11) is 0. The van der Waals surface area contributed by atoms with Gasteiger partial charge in [0.05, 0.1) is 0 Å². The Balaban J connectivity index is 2.06. The van der Waals surface area contributed by atoms with Crippen LogP contribution in [0.1, 0.15) is 32.3 Å². The normalized spacial score (nSPS) is 14.6. The van der Waals surface area contributed by atoms with Crippen LogP contribution in [0, 0.1) is 0 Å². The van der Waals surface area contributed by atoms with Gasteiger partial charge >= 0.3 is 0 Å². The summed E-state index contributed by atoms with van der Waals surface area (Å²) in [6.07, 6.45) is 1.45. The number of amides is 2. The second-order valence-corrected chi connectivity index (χ2v) is 5.63. The minimum Gasteiger partial charge on any atom is -0.326 e. The van der Waals surface area contributed by atoms with Crippen LogP contribution < -0.4 is 16.4 Å². The summed E-state index contributed by atoms with van der Waals surface area (Å²) in [5, 5.41) is 5.64. The number of aryl methyl sites for hydroxylation is 1. The van der Waals surface area contributed by atoms with Crippen LogP contribution in [0.2, 0.25) is 0 Å². The van der Waals surface area contributed by atoms with Crippen molar-refractivity contribution in [1.82, 2.24) is 0 Å². The number of fused-ring (bicyclic) bond motifs is 1. The van der Waals surface area contributed by atoms with E-state index >= 15 is 0 Å². The molecular formula is C14H19N3O2. The maximum Gasteiger partial charge on any atom is 0.226 e. The van der Waals surface area contributed by atoms with Crippen molar-refractivity contribution in [2.75, 3.05) is 10.6 Å². The Kier molecular flexibility index (Phi) is 3.57. The quantitative estimate of drug-likeness (QED) is 0.773. The molecule has 0 saturated heterocycles. The van der Waals surface area contributed by atoms with Crippen molar-refractivity contribution in [3.63, 3.8) is 0 Å². The first-order valence-corrected chi connectivity index (χ1v) is 6.35. The van der Waals surface area contributed by atoms with Crippen LogP contribution >= 0.6 is 0 Å². The average Bonchev–Trinajstić information content (AvgIpc) is 2.26. The number of rotatable bonds is 3. The first-order valence-electron chi connectivity index (χ1n) is 6.35. The lowest BCUT2D eigenvalue weighted by Crippen LogP contribution is -2.36. The van der Waals surface area contributed by atoms with E-state index in [1.54, 1.807) is 6.07 Å². The van der Waals surface area contributed by atoms with Crippen LogP contribution in [0.5, 0.6) is 0 Å². The molecule has 2 amide bonds. The minimum absolute atomic E-state index is 0.0363. The Morgan fingerprint density at radius 2 is 2.16 bits per heavy atom. The highest BCUT2D eigenvalue weighted by Crippen LogP contribution is 2.25. The number of nitrogens with one attached hydrogen (secondary N) is 2. The van der Waals surface area contributed by atoms with Gasteiger partial charge in [-0.1, -0.05) is 0 Å². The zero-order valence-electron chi connectivity index (χ0n) is 11.2. The first-order chi connectivity index (χ1) is 8.83. The molecule has 0 aliphatic carbocycles. The number of hydrogen-bond donors (Lipinski definition) is 3. The highest BCUT2D eigenvalue weighted by Gasteiger charge is 2.18. The van der Waals surface area contributed by atoms with Crippen molar-refractivity contribution in [3.05, 3.63) is 23.8 Å². The van der Waals surface area contributed by atoms with Gasteiger partial charge in [0, 0.05) is 29.8 Å². The van der Waals surface area contributed by atoms with Crippen LogP contribution in [-0.2, 0) is 16.0 Å². The first kappa shape index (κ1) is 13.5. The fourth-order valence-corrected chi connectivity index (χ4v) is 2.08. The lowest BCUT2D eigenvalue weighted by molar-refractivity contribution is -0.117. The third-order valence-electron chi connectivity index (χ3n) is 2.90. The highest BCUT2D eigenvalue weighted by atomic mass is 16.2. The summed E-state index contributed by atoms with van der Waals surface area (Å²) >= 11 is 0. The molecule has 1 aromatic carbocycles. The van der Waals surface area contributed by atoms with E-state index < -0.39 is 5.54 Å². The molecule has 1 heterocycles. The van der Waals surface area contributed by atoms with Gasteiger partial charge in [-0.05, 0) is 44.0 Å². The Hall–Kier alpha value is -1.88. The fourth-order valence-electron chi connectivity index (χ4n) is 2.08. The van der Waals surface area contributed by atoms with Crippen LogP contribution in [-0.4, -0.2) is 17.4 Å². The lowest BCUT2D eigenvalue weighted by atomic mass is 10.0. The molecule has 2 rings (SSSR count). The van der Waals surface area contributed by atoms with Crippen LogP contribution in [0.15, 0.2) is 18.2 Å². The van der Waals surface area contributed by atoms with Crippen molar-refractivity contribution in [3.8, 4) is 0 Å². The molecule has 5 heteroatoms. The standard InChI is InChI=1S/C14H19N3O2/c1-14(2,15)8-13(19)16-10-4-5-11-9(7-10)3-6-12(18)17-11/h4-5,7H,3,6,8,15H2,1-2H3,(H,16,19)(H,17,18). The third-order valence-corrected chi connectivity index (χ3v) is 2.90. The van der Waals surface area contributed by atoms with Crippen molar-refractivity contribution in [2.45, 2.75) is 38.6 Å². The SMILES string of the molecule is CC(C)(N)CC(=O)Nc1ccc2c(c1)CCC(=O)N2. The van der Waals surface area contributed by atoms with E-state index in [1.807, 2.05) is 26.0 Å². The Morgan fingerprint density at radius 3 is 2.84 bits per heavy atom. The van der Waals surface area contributed by atoms with Gasteiger partial charge in [-0.3, -0.25) is 9.59 Å². The largest absolute Gasteiger partial charge is 0.326 e. The molecule has 0 bridgehead atoms. The van der Waals surface area contributed by atoms with E-state index in [1.165, 1.54) is 0 Å². The number of carbonyl (C=O) groups is 2. The Morgan fingerprint density at radius 1 is 1.42 bits per heavy atom. The van der Waals surface area contributed by atoms with Gasteiger partial charge in [0.15, 0.2) is 0 Å². The molecule has 0 atom stereocenters. The van der Waals surface area contributed by atoms with E-state index in [-0.39, 0.29) is 18.2 Å². The van der Waals surface area contributed by atoms with Gasteiger partial charge in [0.2, 0.25) is 11.8 Å². The molecule has 1 aliphatic heterocycles. The molecule has 19 heavy (non-hydrogen) atoms. The van der Waals surface area contributed by atoms with E-state index in [9.17, 15) is 9.59 Å². The number of carbonyl (C=O) groups excluding carboxylic acids is 2. The molecule has 0 spiro atoms. The third kappa shape index (κ3) is 3.79. The minimum atomic E-state index is -0.522. The van der Waals surface area contributed by atoms with Gasteiger partial charge in [0.25, 0.3) is 0 Å². The van der Waals surface area contributed by atoms with E-state index in [0.717, 1.165) is 16.9 Å². The fraction of sp³-hybridized carbons (Fsp3) is 0.429. The van der Waals surface area contributed by atoms with Gasteiger partial charge < -0.3 is 16.4 Å². The maximum absolute atomic E-state index is 11.8. The topological polar surface area (TPSA) is 84.2 Å².